The molecule has 0 fully saturated rings. The monoisotopic (exact) mass is 348 g/mol. The van der Waals surface area contributed by atoms with E-state index in [-0.39, 0.29) is 17.3 Å². The maximum atomic E-state index is 11.9. The molecule has 1 heterocycles. The molecule has 0 radical (unpaired) electrons. The molecule has 0 saturated carbocycles. The maximum Gasteiger partial charge on any atom is 0.342 e. The van der Waals surface area contributed by atoms with Crippen LogP contribution in [0.4, 0.5) is 5.82 Å². The van der Waals surface area contributed by atoms with Crippen LogP contribution in [0.15, 0.2) is 32.9 Å². The highest BCUT2D eigenvalue weighted by atomic mass is 16.5. The van der Waals surface area contributed by atoms with Gasteiger partial charge < -0.3 is 15.2 Å². The van der Waals surface area contributed by atoms with Crippen LogP contribution in [0.1, 0.15) is 12.5 Å². The molecule has 5 N–H and O–H groups in total. The number of methoxy groups -OCH3 is 1. The topological polar surface area (TPSA) is 162 Å². The van der Waals surface area contributed by atoms with Crippen molar-refractivity contribution in [2.45, 2.75) is 13.0 Å². The zero-order valence-electron chi connectivity index (χ0n) is 13.4. The van der Waals surface area contributed by atoms with E-state index in [1.165, 1.54) is 32.4 Å². The van der Waals surface area contributed by atoms with Crippen molar-refractivity contribution in [1.82, 2.24) is 20.6 Å². The summed E-state index contributed by atoms with van der Waals surface area (Å²) in [5.41, 5.74) is 1.38. The van der Waals surface area contributed by atoms with E-state index in [0.29, 0.717) is 5.56 Å². The molecule has 11 heteroatoms. The molecule has 0 unspecified atom stereocenters. The molecule has 0 bridgehead atoms. The predicted molar refractivity (Wildman–Crippen MR) is 89.0 cm³/mol. The first kappa shape index (κ1) is 17.7. The zero-order chi connectivity index (χ0) is 18.4. The number of nitrogens with one attached hydrogen (secondary N) is 4. The number of amides is 1. The Balaban J connectivity index is 1.97. The van der Waals surface area contributed by atoms with Crippen molar-refractivity contribution in [3.05, 3.63) is 44.6 Å². The van der Waals surface area contributed by atoms with Crippen molar-refractivity contribution >= 4 is 17.9 Å². The fraction of sp³-hybridized carbons (Fsp3) is 0.214. The molecular formula is C14H16N6O5. The predicted octanol–water partition coefficient (Wildman–Crippen LogP) is -0.877. The standard InChI is InChI=1S/C14H16N6O5/c1-7(16-11-13(23)17-14(24)20-18-11)12(22)19-15-6-8-3-4-9(21)10(5-8)25-2/h3-7,21H,1-2H3,(H,16,18)(H,19,22)(H2,17,20,23,24)/b15-6-/t7-/m1/s1. The van der Waals surface area contributed by atoms with E-state index < -0.39 is 23.2 Å². The third-order valence-electron chi connectivity index (χ3n) is 3.05. The smallest absolute Gasteiger partial charge is 0.342 e. The van der Waals surface area contributed by atoms with E-state index in [2.05, 4.69) is 20.9 Å². The van der Waals surface area contributed by atoms with Gasteiger partial charge >= 0.3 is 5.69 Å². The van der Waals surface area contributed by atoms with Gasteiger partial charge in [-0.25, -0.2) is 15.3 Å². The Labute approximate surface area is 140 Å². The number of hydrazone groups is 1. The summed E-state index contributed by atoms with van der Waals surface area (Å²) in [7, 11) is 1.41. The highest BCUT2D eigenvalue weighted by Gasteiger charge is 2.14. The van der Waals surface area contributed by atoms with E-state index in [4.69, 9.17) is 4.74 Å². The number of carbonyl (C=O) groups is 1. The number of aromatic nitrogens is 3. The number of nitrogens with zero attached hydrogens (tertiary/aromatic N) is 2. The Bertz CT molecular complexity index is 903. The summed E-state index contributed by atoms with van der Waals surface area (Å²) in [6.45, 7) is 1.49. The molecule has 0 spiro atoms. The number of phenolic OH excluding ortho intramolecular Hbond substituents is 1. The van der Waals surface area contributed by atoms with Crippen LogP contribution < -0.4 is 26.7 Å². The van der Waals surface area contributed by atoms with Crippen LogP contribution in [0.25, 0.3) is 0 Å². The van der Waals surface area contributed by atoms with Crippen molar-refractivity contribution in [2.75, 3.05) is 12.4 Å². The van der Waals surface area contributed by atoms with Gasteiger partial charge in [-0.05, 0) is 30.7 Å². The van der Waals surface area contributed by atoms with Crippen molar-refractivity contribution in [1.29, 1.82) is 0 Å². The third-order valence-corrected chi connectivity index (χ3v) is 3.05. The first-order chi connectivity index (χ1) is 11.9. The van der Waals surface area contributed by atoms with E-state index in [9.17, 15) is 19.5 Å². The minimum Gasteiger partial charge on any atom is -0.504 e. The second kappa shape index (κ2) is 7.77. The molecule has 1 aromatic heterocycles. The molecule has 0 aliphatic heterocycles. The lowest BCUT2D eigenvalue weighted by Crippen LogP contribution is -2.38. The number of anilines is 1. The third kappa shape index (κ3) is 4.67. The average molecular weight is 348 g/mol. The summed E-state index contributed by atoms with van der Waals surface area (Å²) in [6, 6.07) is 3.71. The van der Waals surface area contributed by atoms with E-state index in [1.54, 1.807) is 6.07 Å². The van der Waals surface area contributed by atoms with Crippen LogP contribution >= 0.6 is 0 Å². The van der Waals surface area contributed by atoms with Gasteiger partial charge in [0.1, 0.15) is 6.04 Å². The molecule has 2 rings (SSSR count). The minimum absolute atomic E-state index is 0.0138. The SMILES string of the molecule is COc1cc(/C=N\NC(=O)[C@@H](C)Nc2n[nH]c(=O)[nH]c2=O)ccc1O. The summed E-state index contributed by atoms with van der Waals surface area (Å²) >= 11 is 0. The summed E-state index contributed by atoms with van der Waals surface area (Å²) in [6.07, 6.45) is 1.36. The number of rotatable bonds is 6. The lowest BCUT2D eigenvalue weighted by Gasteiger charge is -2.11. The van der Waals surface area contributed by atoms with Gasteiger partial charge in [0.05, 0.1) is 13.3 Å². The Morgan fingerprint density at radius 2 is 2.20 bits per heavy atom. The number of aromatic amines is 2. The fourth-order valence-electron chi connectivity index (χ4n) is 1.76. The van der Waals surface area contributed by atoms with Gasteiger partial charge in [-0.2, -0.15) is 5.10 Å². The maximum absolute atomic E-state index is 11.9. The number of hydrogen-bond donors (Lipinski definition) is 5. The molecule has 1 amide bonds. The first-order valence-corrected chi connectivity index (χ1v) is 7.06. The molecule has 0 saturated heterocycles. The van der Waals surface area contributed by atoms with Crippen LogP contribution in [0.5, 0.6) is 11.5 Å². The Morgan fingerprint density at radius 3 is 2.88 bits per heavy atom. The number of aromatic hydroxyl groups is 1. The highest BCUT2D eigenvalue weighted by Crippen LogP contribution is 2.25. The lowest BCUT2D eigenvalue weighted by atomic mass is 10.2. The number of hydrogen-bond acceptors (Lipinski definition) is 8. The number of benzene rings is 1. The van der Waals surface area contributed by atoms with Crippen molar-refractivity contribution in [3.63, 3.8) is 0 Å². The Morgan fingerprint density at radius 1 is 1.44 bits per heavy atom. The van der Waals surface area contributed by atoms with Gasteiger partial charge in [0.2, 0.25) is 5.82 Å². The largest absolute Gasteiger partial charge is 0.504 e. The van der Waals surface area contributed by atoms with Crippen LogP contribution in [0.2, 0.25) is 0 Å². The molecule has 1 aromatic carbocycles. The molecule has 0 aliphatic carbocycles. The quantitative estimate of drug-likeness (QED) is 0.334. The molecule has 25 heavy (non-hydrogen) atoms. The summed E-state index contributed by atoms with van der Waals surface area (Å²) < 4.78 is 4.96. The van der Waals surface area contributed by atoms with Gasteiger partial charge in [0.25, 0.3) is 11.5 Å². The molecular weight excluding hydrogens is 332 g/mol. The van der Waals surface area contributed by atoms with Gasteiger partial charge in [-0.1, -0.05) is 0 Å². The van der Waals surface area contributed by atoms with E-state index >= 15 is 0 Å². The van der Waals surface area contributed by atoms with Gasteiger partial charge in [0, 0.05) is 0 Å². The summed E-state index contributed by atoms with van der Waals surface area (Å²) in [4.78, 5) is 36.3. The normalized spacial score (nSPS) is 11.9. The molecule has 2 aromatic rings. The van der Waals surface area contributed by atoms with Crippen molar-refractivity contribution in [2.24, 2.45) is 5.10 Å². The Hall–Kier alpha value is -3.63. The van der Waals surface area contributed by atoms with Crippen molar-refractivity contribution in [3.8, 4) is 11.5 Å². The van der Waals surface area contributed by atoms with E-state index in [1.807, 2.05) is 10.1 Å². The average Bonchev–Trinajstić information content (AvgIpc) is 2.58. The first-order valence-electron chi connectivity index (χ1n) is 7.06. The molecule has 1 atom stereocenters. The minimum atomic E-state index is -0.842. The van der Waals surface area contributed by atoms with Gasteiger partial charge in [-0.15, -0.1) is 5.10 Å². The van der Waals surface area contributed by atoms with Crippen LogP contribution in [-0.4, -0.2) is 45.6 Å². The van der Waals surface area contributed by atoms with Crippen molar-refractivity contribution < 1.29 is 14.6 Å². The second-order valence-corrected chi connectivity index (χ2v) is 4.89. The summed E-state index contributed by atoms with van der Waals surface area (Å²) in [5, 5.41) is 21.4. The lowest BCUT2D eigenvalue weighted by molar-refractivity contribution is -0.121. The highest BCUT2D eigenvalue weighted by molar-refractivity contribution is 5.86. The molecule has 132 valence electrons. The number of carbonyl (C=O) groups excluding carboxylic acids is 1. The molecule has 0 aliphatic rings. The van der Waals surface area contributed by atoms with Gasteiger partial charge in [0.15, 0.2) is 11.5 Å². The van der Waals surface area contributed by atoms with E-state index in [0.717, 1.165) is 0 Å². The number of H-pyrrole nitrogens is 2. The number of phenols is 1. The van der Waals surface area contributed by atoms with Crippen LogP contribution in [0.3, 0.4) is 0 Å². The van der Waals surface area contributed by atoms with Gasteiger partial charge in [-0.3, -0.25) is 14.6 Å². The Kier molecular flexibility index (Phi) is 5.50. The van der Waals surface area contributed by atoms with Crippen LogP contribution in [0, 0.1) is 0 Å². The second-order valence-electron chi connectivity index (χ2n) is 4.89. The summed E-state index contributed by atoms with van der Waals surface area (Å²) in [5.74, 6) is -0.474. The molecule has 11 nitrogen and oxygen atoms in total. The van der Waals surface area contributed by atoms with Crippen LogP contribution in [-0.2, 0) is 4.79 Å². The zero-order valence-corrected chi connectivity index (χ0v) is 13.4. The number of ether oxygens (including phenoxy) is 1. The fourth-order valence-corrected chi connectivity index (χ4v) is 1.76.